The number of nitrogens with two attached hydrogens (primary N) is 1. The van der Waals surface area contributed by atoms with E-state index in [9.17, 15) is 0 Å². The quantitative estimate of drug-likeness (QED) is 0.809. The molecule has 0 aliphatic carbocycles. The zero-order valence-electron chi connectivity index (χ0n) is 8.66. The summed E-state index contributed by atoms with van der Waals surface area (Å²) in [6, 6.07) is 0. The van der Waals surface area contributed by atoms with E-state index in [0.29, 0.717) is 12.5 Å². The third-order valence-corrected chi connectivity index (χ3v) is 3.14. The molecule has 0 spiro atoms. The Hall–Kier alpha value is -0.480. The first-order valence-corrected chi connectivity index (χ1v) is 5.29. The van der Waals surface area contributed by atoms with Crippen LogP contribution in [0, 0.1) is 0 Å². The maximum atomic E-state index is 5.66. The molecule has 0 bridgehead atoms. The maximum Gasteiger partial charge on any atom is 0.145 e. The van der Waals surface area contributed by atoms with Crippen LogP contribution in [0.5, 0.6) is 0 Å². The highest BCUT2D eigenvalue weighted by molar-refractivity contribution is 7.05. The molecule has 1 aromatic heterocycles. The lowest BCUT2D eigenvalue weighted by molar-refractivity contribution is 0.532. The van der Waals surface area contributed by atoms with Gasteiger partial charge in [0.1, 0.15) is 10.8 Å². The van der Waals surface area contributed by atoms with Crippen LogP contribution in [-0.2, 0) is 5.41 Å². The predicted molar refractivity (Wildman–Crippen MR) is 56.1 cm³/mol. The van der Waals surface area contributed by atoms with Crippen LogP contribution in [0.4, 0.5) is 0 Å². The van der Waals surface area contributed by atoms with Gasteiger partial charge >= 0.3 is 0 Å². The van der Waals surface area contributed by atoms with Crippen LogP contribution < -0.4 is 5.73 Å². The van der Waals surface area contributed by atoms with Crippen LogP contribution >= 0.6 is 11.5 Å². The van der Waals surface area contributed by atoms with Crippen molar-refractivity contribution < 1.29 is 0 Å². The summed E-state index contributed by atoms with van der Waals surface area (Å²) in [4.78, 5) is 4.48. The van der Waals surface area contributed by atoms with Crippen LogP contribution in [0.1, 0.15) is 44.4 Å². The second kappa shape index (κ2) is 3.72. The van der Waals surface area contributed by atoms with Gasteiger partial charge in [0.2, 0.25) is 0 Å². The highest BCUT2D eigenvalue weighted by Crippen LogP contribution is 2.25. The molecule has 0 atom stereocenters. The van der Waals surface area contributed by atoms with E-state index in [0.717, 1.165) is 10.8 Å². The number of rotatable bonds is 3. The van der Waals surface area contributed by atoms with Crippen LogP contribution in [0.2, 0.25) is 0 Å². The normalized spacial score (nSPS) is 12.5. The third-order valence-electron chi connectivity index (χ3n) is 2.05. The van der Waals surface area contributed by atoms with Gasteiger partial charge in [0, 0.05) is 17.9 Å². The van der Waals surface area contributed by atoms with Crippen molar-refractivity contribution in [3.05, 3.63) is 10.8 Å². The lowest BCUT2D eigenvalue weighted by Gasteiger charge is -2.17. The minimum Gasteiger partial charge on any atom is -0.330 e. The number of aromatic nitrogens is 2. The Bertz CT molecular complexity index is 278. The zero-order chi connectivity index (χ0) is 10.1. The molecule has 0 amide bonds. The molecular weight excluding hydrogens is 182 g/mol. The molecule has 0 unspecified atom stereocenters. The van der Waals surface area contributed by atoms with Crippen LogP contribution in [0.3, 0.4) is 0 Å². The lowest BCUT2D eigenvalue weighted by Crippen LogP contribution is -2.27. The fraction of sp³-hybridized carbons (Fsp3) is 0.778. The fourth-order valence-electron chi connectivity index (χ4n) is 0.832. The van der Waals surface area contributed by atoms with Crippen molar-refractivity contribution >= 4 is 11.5 Å². The van der Waals surface area contributed by atoms with Gasteiger partial charge in [-0.15, -0.1) is 0 Å². The van der Waals surface area contributed by atoms with Gasteiger partial charge in [-0.3, -0.25) is 0 Å². The summed E-state index contributed by atoms with van der Waals surface area (Å²) in [5, 5.41) is 1.04. The fourth-order valence-corrected chi connectivity index (χ4v) is 1.73. The van der Waals surface area contributed by atoms with Crippen molar-refractivity contribution in [3.8, 4) is 0 Å². The summed E-state index contributed by atoms with van der Waals surface area (Å²) in [7, 11) is 0. The molecule has 0 saturated carbocycles. The Labute approximate surface area is 83.5 Å². The summed E-state index contributed by atoms with van der Waals surface area (Å²) < 4.78 is 4.30. The van der Waals surface area contributed by atoms with Crippen molar-refractivity contribution in [1.29, 1.82) is 0 Å². The van der Waals surface area contributed by atoms with E-state index in [4.69, 9.17) is 5.73 Å². The molecule has 0 fully saturated rings. The van der Waals surface area contributed by atoms with Gasteiger partial charge in [0.25, 0.3) is 0 Å². The minimum absolute atomic E-state index is 0.0369. The molecule has 1 rings (SSSR count). The minimum atomic E-state index is -0.0369. The maximum absolute atomic E-state index is 5.66. The average molecular weight is 199 g/mol. The molecule has 0 aromatic carbocycles. The van der Waals surface area contributed by atoms with Crippen molar-refractivity contribution in [1.82, 2.24) is 9.36 Å². The Morgan fingerprint density at radius 3 is 2.46 bits per heavy atom. The smallest absolute Gasteiger partial charge is 0.145 e. The first-order valence-electron chi connectivity index (χ1n) is 4.51. The predicted octanol–water partition coefficient (Wildman–Crippen LogP) is 1.90. The number of hydrogen-bond acceptors (Lipinski definition) is 4. The number of hydrogen-bond donors (Lipinski definition) is 1. The summed E-state index contributed by atoms with van der Waals surface area (Å²) in [6.07, 6.45) is 0. The molecule has 1 heterocycles. The van der Waals surface area contributed by atoms with Gasteiger partial charge in [-0.05, 0) is 11.5 Å². The van der Waals surface area contributed by atoms with E-state index < -0.39 is 0 Å². The highest BCUT2D eigenvalue weighted by Gasteiger charge is 2.23. The molecule has 3 nitrogen and oxygen atoms in total. The molecule has 0 radical (unpaired) electrons. The largest absolute Gasteiger partial charge is 0.330 e. The van der Waals surface area contributed by atoms with E-state index in [2.05, 4.69) is 37.1 Å². The van der Waals surface area contributed by atoms with Crippen molar-refractivity contribution in [2.75, 3.05) is 6.54 Å². The van der Waals surface area contributed by atoms with Gasteiger partial charge < -0.3 is 5.73 Å². The SMILES string of the molecule is CC(C)c1nsc(C(C)(C)CN)n1. The Morgan fingerprint density at radius 2 is 2.08 bits per heavy atom. The number of nitrogens with zero attached hydrogens (tertiary/aromatic N) is 2. The van der Waals surface area contributed by atoms with Crippen molar-refractivity contribution in [2.24, 2.45) is 5.73 Å². The first-order chi connectivity index (χ1) is 5.97. The molecular formula is C9H17N3S. The summed E-state index contributed by atoms with van der Waals surface area (Å²) in [5.41, 5.74) is 5.63. The lowest BCUT2D eigenvalue weighted by atomic mass is 9.95. The highest BCUT2D eigenvalue weighted by atomic mass is 32.1. The van der Waals surface area contributed by atoms with E-state index >= 15 is 0 Å². The molecule has 0 saturated heterocycles. The van der Waals surface area contributed by atoms with Gasteiger partial charge in [-0.1, -0.05) is 27.7 Å². The van der Waals surface area contributed by atoms with Crippen molar-refractivity contribution in [2.45, 2.75) is 39.0 Å². The van der Waals surface area contributed by atoms with E-state index in [1.54, 1.807) is 0 Å². The van der Waals surface area contributed by atoms with Gasteiger partial charge in [-0.25, -0.2) is 4.98 Å². The zero-order valence-corrected chi connectivity index (χ0v) is 9.48. The molecule has 13 heavy (non-hydrogen) atoms. The molecule has 4 heteroatoms. The monoisotopic (exact) mass is 199 g/mol. The molecule has 1 aromatic rings. The molecule has 0 aliphatic rings. The summed E-state index contributed by atoms with van der Waals surface area (Å²) in [5.74, 6) is 1.33. The summed E-state index contributed by atoms with van der Waals surface area (Å²) >= 11 is 1.47. The molecule has 74 valence electrons. The third kappa shape index (κ3) is 2.25. The average Bonchev–Trinajstić information content (AvgIpc) is 2.52. The standard InChI is InChI=1S/C9H17N3S/c1-6(2)7-11-8(13-12-7)9(3,4)5-10/h6H,5,10H2,1-4H3. The van der Waals surface area contributed by atoms with Gasteiger partial charge in [-0.2, -0.15) is 4.37 Å². The second-order valence-electron chi connectivity index (χ2n) is 4.20. The second-order valence-corrected chi connectivity index (χ2v) is 4.95. The Morgan fingerprint density at radius 1 is 1.46 bits per heavy atom. The van der Waals surface area contributed by atoms with Crippen molar-refractivity contribution in [3.63, 3.8) is 0 Å². The van der Waals surface area contributed by atoms with Crippen LogP contribution in [0.15, 0.2) is 0 Å². The Balaban J connectivity index is 2.91. The van der Waals surface area contributed by atoms with E-state index in [1.807, 2.05) is 0 Å². The van der Waals surface area contributed by atoms with E-state index in [1.165, 1.54) is 11.5 Å². The topological polar surface area (TPSA) is 51.8 Å². The molecule has 0 aliphatic heterocycles. The van der Waals surface area contributed by atoms with E-state index in [-0.39, 0.29) is 5.41 Å². The van der Waals surface area contributed by atoms with Crippen LogP contribution in [-0.4, -0.2) is 15.9 Å². The van der Waals surface area contributed by atoms with Crippen LogP contribution in [0.25, 0.3) is 0 Å². The van der Waals surface area contributed by atoms with Gasteiger partial charge in [0.05, 0.1) is 0 Å². The molecule has 2 N–H and O–H groups in total. The first kappa shape index (κ1) is 10.6. The van der Waals surface area contributed by atoms with Gasteiger partial charge in [0.15, 0.2) is 0 Å². The Kier molecular flexibility index (Phi) is 3.03. The summed E-state index contributed by atoms with van der Waals surface area (Å²) in [6.45, 7) is 9.00.